The number of hydrogen-bond donors (Lipinski definition) is 1. The zero-order valence-electron chi connectivity index (χ0n) is 11.7. The minimum absolute atomic E-state index is 0.0125. The molecule has 2 aromatic rings. The average Bonchev–Trinajstić information content (AvgIpc) is 2.45. The van der Waals surface area contributed by atoms with E-state index in [0.29, 0.717) is 5.56 Å². The van der Waals surface area contributed by atoms with Crippen LogP contribution in [0.5, 0.6) is 0 Å². The van der Waals surface area contributed by atoms with Crippen molar-refractivity contribution in [2.75, 3.05) is 0 Å². The predicted molar refractivity (Wildman–Crippen MR) is 90.4 cm³/mol. The first-order chi connectivity index (χ1) is 9.99. The largest absolute Gasteiger partial charge is 0.327 e. The Morgan fingerprint density at radius 3 is 2.48 bits per heavy atom. The molecule has 0 spiro atoms. The van der Waals surface area contributed by atoms with Gasteiger partial charge < -0.3 is 5.73 Å². The molecular formula is C17H16BrClN2. The molecule has 0 aliphatic carbocycles. The van der Waals surface area contributed by atoms with E-state index in [9.17, 15) is 0 Å². The van der Waals surface area contributed by atoms with Crippen LogP contribution in [0.1, 0.15) is 29.5 Å². The maximum Gasteiger partial charge on any atom is 0.0992 e. The van der Waals surface area contributed by atoms with Crippen molar-refractivity contribution in [1.82, 2.24) is 0 Å². The Kier molecular flexibility index (Phi) is 5.41. The third-order valence-electron chi connectivity index (χ3n) is 3.48. The van der Waals surface area contributed by atoms with Crippen molar-refractivity contribution in [2.24, 2.45) is 5.73 Å². The summed E-state index contributed by atoms with van der Waals surface area (Å²) in [7, 11) is 0. The first-order valence-corrected chi connectivity index (χ1v) is 7.87. The van der Waals surface area contributed by atoms with Gasteiger partial charge in [-0.1, -0.05) is 39.7 Å². The van der Waals surface area contributed by atoms with Gasteiger partial charge in [0, 0.05) is 21.5 Å². The second-order valence-electron chi connectivity index (χ2n) is 5.18. The van der Waals surface area contributed by atoms with Gasteiger partial charge in [0.15, 0.2) is 0 Å². The van der Waals surface area contributed by atoms with Gasteiger partial charge in [-0.2, -0.15) is 5.26 Å². The lowest BCUT2D eigenvalue weighted by Gasteiger charge is -2.22. The van der Waals surface area contributed by atoms with Crippen LogP contribution in [0.2, 0.25) is 5.02 Å². The fraction of sp³-hybridized carbons (Fsp3) is 0.235. The van der Waals surface area contributed by atoms with Gasteiger partial charge in [-0.25, -0.2) is 0 Å². The maximum atomic E-state index is 9.11. The normalized spacial score (nSPS) is 13.5. The van der Waals surface area contributed by atoms with Crippen LogP contribution < -0.4 is 5.73 Å². The Bertz CT molecular complexity index is 659. The quantitative estimate of drug-likeness (QED) is 0.859. The van der Waals surface area contributed by atoms with Gasteiger partial charge in [0.05, 0.1) is 11.6 Å². The maximum absolute atomic E-state index is 9.11. The molecule has 108 valence electrons. The van der Waals surface area contributed by atoms with Crippen molar-refractivity contribution in [3.8, 4) is 6.07 Å². The number of hydrogen-bond acceptors (Lipinski definition) is 2. The highest BCUT2D eigenvalue weighted by Crippen LogP contribution is 2.28. The van der Waals surface area contributed by atoms with Crippen LogP contribution in [0.4, 0.5) is 0 Å². The molecule has 0 bridgehead atoms. The summed E-state index contributed by atoms with van der Waals surface area (Å²) in [5.74, 6) is 0.149. The van der Waals surface area contributed by atoms with E-state index in [2.05, 4.69) is 22.0 Å². The van der Waals surface area contributed by atoms with Gasteiger partial charge in [-0.3, -0.25) is 0 Å². The summed E-state index contributed by atoms with van der Waals surface area (Å²) >= 11 is 9.38. The van der Waals surface area contributed by atoms with Crippen LogP contribution in [0, 0.1) is 11.3 Å². The Hall–Kier alpha value is -1.34. The summed E-state index contributed by atoms with van der Waals surface area (Å²) in [6.07, 6.45) is 0.816. The van der Waals surface area contributed by atoms with Crippen molar-refractivity contribution in [3.05, 3.63) is 68.7 Å². The molecule has 2 N–H and O–H groups in total. The molecule has 0 aliphatic rings. The van der Waals surface area contributed by atoms with E-state index in [1.165, 1.54) is 5.56 Å². The van der Waals surface area contributed by atoms with E-state index in [-0.39, 0.29) is 12.0 Å². The second kappa shape index (κ2) is 7.09. The van der Waals surface area contributed by atoms with Gasteiger partial charge >= 0.3 is 0 Å². The molecule has 0 aromatic heterocycles. The van der Waals surface area contributed by atoms with E-state index in [1.807, 2.05) is 49.4 Å². The Labute approximate surface area is 138 Å². The van der Waals surface area contributed by atoms with Crippen LogP contribution in [-0.2, 0) is 6.42 Å². The van der Waals surface area contributed by atoms with Crippen molar-refractivity contribution < 1.29 is 0 Å². The zero-order chi connectivity index (χ0) is 15.4. The highest BCUT2D eigenvalue weighted by molar-refractivity contribution is 9.10. The van der Waals surface area contributed by atoms with Gasteiger partial charge in [0.25, 0.3) is 0 Å². The number of nitriles is 1. The predicted octanol–water partition coefficient (Wildman–Crippen LogP) is 4.65. The van der Waals surface area contributed by atoms with Crippen LogP contribution in [0.25, 0.3) is 0 Å². The third-order valence-corrected chi connectivity index (χ3v) is 4.19. The summed E-state index contributed by atoms with van der Waals surface area (Å²) < 4.78 is 0.901. The van der Waals surface area contributed by atoms with Crippen molar-refractivity contribution in [1.29, 1.82) is 5.26 Å². The SMILES string of the molecule is CC(N)C(Cc1ccc(Cl)cc1)c1cc(Br)cc(C#N)c1. The molecule has 0 amide bonds. The molecule has 0 fully saturated rings. The molecule has 2 rings (SSSR count). The molecule has 2 atom stereocenters. The lowest BCUT2D eigenvalue weighted by Crippen LogP contribution is -2.26. The molecule has 0 aliphatic heterocycles. The Morgan fingerprint density at radius 1 is 1.24 bits per heavy atom. The van der Waals surface area contributed by atoms with E-state index < -0.39 is 0 Å². The molecule has 4 heteroatoms. The minimum atomic E-state index is -0.0125. The molecule has 0 radical (unpaired) electrons. The second-order valence-corrected chi connectivity index (χ2v) is 6.53. The molecule has 0 saturated heterocycles. The number of rotatable bonds is 4. The summed E-state index contributed by atoms with van der Waals surface area (Å²) in [6.45, 7) is 1.99. The van der Waals surface area contributed by atoms with Crippen LogP contribution in [-0.4, -0.2) is 6.04 Å². The Balaban J connectivity index is 2.33. The average molecular weight is 364 g/mol. The molecule has 2 aromatic carbocycles. The van der Waals surface area contributed by atoms with E-state index in [4.69, 9.17) is 22.6 Å². The molecule has 2 nitrogen and oxygen atoms in total. The smallest absolute Gasteiger partial charge is 0.0992 e. The highest BCUT2D eigenvalue weighted by Gasteiger charge is 2.18. The highest BCUT2D eigenvalue weighted by atomic mass is 79.9. The zero-order valence-corrected chi connectivity index (χ0v) is 14.0. The van der Waals surface area contributed by atoms with Gasteiger partial charge in [0.2, 0.25) is 0 Å². The summed E-state index contributed by atoms with van der Waals surface area (Å²) in [5, 5.41) is 9.84. The van der Waals surface area contributed by atoms with Crippen LogP contribution in [0.15, 0.2) is 46.9 Å². The molecule has 0 heterocycles. The van der Waals surface area contributed by atoms with Gasteiger partial charge in [-0.15, -0.1) is 0 Å². The van der Waals surface area contributed by atoms with Crippen molar-refractivity contribution >= 4 is 27.5 Å². The van der Waals surface area contributed by atoms with Gasteiger partial charge in [-0.05, 0) is 54.8 Å². The van der Waals surface area contributed by atoms with E-state index in [1.54, 1.807) is 0 Å². The number of nitrogens with two attached hydrogens (primary N) is 1. The summed E-state index contributed by atoms with van der Waals surface area (Å²) in [4.78, 5) is 0. The monoisotopic (exact) mass is 362 g/mol. The first-order valence-electron chi connectivity index (χ1n) is 6.70. The summed E-state index contributed by atoms with van der Waals surface area (Å²) in [6, 6.07) is 15.7. The summed E-state index contributed by atoms with van der Waals surface area (Å²) in [5.41, 5.74) is 9.06. The molecular weight excluding hydrogens is 348 g/mol. The molecule has 21 heavy (non-hydrogen) atoms. The Morgan fingerprint density at radius 2 is 1.90 bits per heavy atom. The molecule has 0 saturated carbocycles. The number of halogens is 2. The fourth-order valence-corrected chi connectivity index (χ4v) is 3.01. The van der Waals surface area contributed by atoms with Gasteiger partial charge in [0.1, 0.15) is 0 Å². The fourth-order valence-electron chi connectivity index (χ4n) is 2.37. The standard InChI is InChI=1S/C17H16BrClN2/c1-11(21)17(8-12-2-4-16(19)5-3-12)14-6-13(10-20)7-15(18)9-14/h2-7,9,11,17H,8,21H2,1H3. The third kappa shape index (κ3) is 4.31. The minimum Gasteiger partial charge on any atom is -0.327 e. The van der Waals surface area contributed by atoms with Crippen molar-refractivity contribution in [3.63, 3.8) is 0 Å². The van der Waals surface area contributed by atoms with Crippen LogP contribution in [0.3, 0.4) is 0 Å². The van der Waals surface area contributed by atoms with E-state index >= 15 is 0 Å². The van der Waals surface area contributed by atoms with E-state index in [0.717, 1.165) is 21.5 Å². The topological polar surface area (TPSA) is 49.8 Å². The first kappa shape index (κ1) is 16.0. The number of benzene rings is 2. The van der Waals surface area contributed by atoms with Crippen LogP contribution >= 0.6 is 27.5 Å². The molecule has 2 unspecified atom stereocenters. The lowest BCUT2D eigenvalue weighted by molar-refractivity contribution is 0.565. The lowest BCUT2D eigenvalue weighted by atomic mass is 9.86. The number of nitrogens with zero attached hydrogens (tertiary/aromatic N) is 1. The van der Waals surface area contributed by atoms with Crippen molar-refractivity contribution in [2.45, 2.75) is 25.3 Å².